The first-order valence-corrected chi connectivity index (χ1v) is 6.76. The van der Waals surface area contributed by atoms with Gasteiger partial charge < -0.3 is 10.5 Å². The predicted octanol–water partition coefficient (Wildman–Crippen LogP) is 4.20. The average molecular weight is 348 g/mol. The molecule has 0 bridgehead atoms. The zero-order chi connectivity index (χ0) is 15.9. The number of halogens is 5. The van der Waals surface area contributed by atoms with Crippen LogP contribution in [-0.4, -0.2) is 12.6 Å². The molecule has 0 radical (unpaired) electrons. The van der Waals surface area contributed by atoms with Crippen LogP contribution in [0, 0.1) is 5.82 Å². The average Bonchev–Trinajstić information content (AvgIpc) is 2.88. The highest BCUT2D eigenvalue weighted by atomic mass is 35.5. The zero-order valence-corrected chi connectivity index (χ0v) is 12.7. The van der Waals surface area contributed by atoms with Gasteiger partial charge in [-0.15, -0.1) is 12.4 Å². The molecule has 1 aliphatic rings. The van der Waals surface area contributed by atoms with E-state index in [1.54, 1.807) is 0 Å². The van der Waals surface area contributed by atoms with Crippen LogP contribution < -0.4 is 10.5 Å². The van der Waals surface area contributed by atoms with E-state index in [-0.39, 0.29) is 41.9 Å². The Balaban J connectivity index is 0.00000192. The van der Waals surface area contributed by atoms with Crippen molar-refractivity contribution in [2.75, 3.05) is 6.54 Å². The summed E-state index contributed by atoms with van der Waals surface area (Å²) in [5, 5.41) is 0. The molecule has 0 amide bonds. The van der Waals surface area contributed by atoms with Gasteiger partial charge in [0.1, 0.15) is 17.7 Å². The standard InChI is InChI=1S/C16H13F4NO.ClH/c17-10-5-9-6-11(8-21)22-15(9)13(7-10)12-3-1-2-4-14(12)16(18,19)20;/h1-5,7,11H,6,8,21H2;1H. The van der Waals surface area contributed by atoms with Crippen LogP contribution in [0.4, 0.5) is 17.6 Å². The van der Waals surface area contributed by atoms with Crippen molar-refractivity contribution in [1.82, 2.24) is 0 Å². The molecule has 1 heterocycles. The molecule has 1 unspecified atom stereocenters. The first-order chi connectivity index (χ1) is 10.4. The maximum Gasteiger partial charge on any atom is 0.417 e. The number of hydrogen-bond donors (Lipinski definition) is 1. The highest BCUT2D eigenvalue weighted by Crippen LogP contribution is 2.44. The molecule has 2 aromatic rings. The van der Waals surface area contributed by atoms with Crippen LogP contribution in [0.3, 0.4) is 0 Å². The lowest BCUT2D eigenvalue weighted by Crippen LogP contribution is -2.24. The van der Waals surface area contributed by atoms with Gasteiger partial charge in [-0.1, -0.05) is 18.2 Å². The van der Waals surface area contributed by atoms with Crippen LogP contribution in [0.5, 0.6) is 5.75 Å². The monoisotopic (exact) mass is 347 g/mol. The second-order valence-corrected chi connectivity index (χ2v) is 5.16. The van der Waals surface area contributed by atoms with Crippen molar-refractivity contribution in [2.24, 2.45) is 5.73 Å². The topological polar surface area (TPSA) is 35.2 Å². The Kier molecular flexibility index (Phi) is 4.87. The summed E-state index contributed by atoms with van der Waals surface area (Å²) in [6.45, 7) is 0.219. The van der Waals surface area contributed by atoms with Crippen LogP contribution in [0.25, 0.3) is 11.1 Å². The van der Waals surface area contributed by atoms with E-state index in [4.69, 9.17) is 10.5 Å². The van der Waals surface area contributed by atoms with E-state index < -0.39 is 17.6 Å². The molecule has 1 atom stereocenters. The largest absolute Gasteiger partial charge is 0.488 e. The first-order valence-electron chi connectivity index (χ1n) is 6.76. The van der Waals surface area contributed by atoms with Gasteiger partial charge in [-0.3, -0.25) is 0 Å². The third kappa shape index (κ3) is 3.28. The molecule has 2 nitrogen and oxygen atoms in total. The molecule has 23 heavy (non-hydrogen) atoms. The number of hydrogen-bond acceptors (Lipinski definition) is 2. The van der Waals surface area contributed by atoms with Crippen molar-refractivity contribution in [3.05, 3.63) is 53.3 Å². The van der Waals surface area contributed by atoms with E-state index >= 15 is 0 Å². The fraction of sp³-hybridized carbons (Fsp3) is 0.250. The molecule has 0 saturated carbocycles. The van der Waals surface area contributed by atoms with Gasteiger partial charge in [0.2, 0.25) is 0 Å². The van der Waals surface area contributed by atoms with Gasteiger partial charge >= 0.3 is 6.18 Å². The number of fused-ring (bicyclic) bond motifs is 1. The second-order valence-electron chi connectivity index (χ2n) is 5.16. The lowest BCUT2D eigenvalue weighted by atomic mass is 9.96. The molecule has 0 fully saturated rings. The summed E-state index contributed by atoms with van der Waals surface area (Å²) >= 11 is 0. The molecule has 2 N–H and O–H groups in total. The van der Waals surface area contributed by atoms with Crippen molar-refractivity contribution in [3.63, 3.8) is 0 Å². The molecule has 3 rings (SSSR count). The lowest BCUT2D eigenvalue weighted by Gasteiger charge is -2.16. The Morgan fingerprint density at radius 2 is 1.83 bits per heavy atom. The summed E-state index contributed by atoms with van der Waals surface area (Å²) in [7, 11) is 0. The van der Waals surface area contributed by atoms with E-state index in [0.717, 1.165) is 12.1 Å². The SMILES string of the molecule is Cl.NCC1Cc2cc(F)cc(-c3ccccc3C(F)(F)F)c2O1. The molecular formula is C16H14ClF4NO. The van der Waals surface area contributed by atoms with Crippen LogP contribution in [-0.2, 0) is 12.6 Å². The van der Waals surface area contributed by atoms with Crippen molar-refractivity contribution < 1.29 is 22.3 Å². The van der Waals surface area contributed by atoms with Gasteiger partial charge in [-0.25, -0.2) is 4.39 Å². The summed E-state index contributed by atoms with van der Waals surface area (Å²) in [5.41, 5.74) is 5.28. The number of nitrogens with two attached hydrogens (primary N) is 1. The van der Waals surface area contributed by atoms with Crippen LogP contribution in [0.1, 0.15) is 11.1 Å². The number of benzene rings is 2. The molecule has 0 aromatic heterocycles. The highest BCUT2D eigenvalue weighted by Gasteiger charge is 2.35. The van der Waals surface area contributed by atoms with Crippen LogP contribution in [0.2, 0.25) is 0 Å². The Labute approximate surface area is 136 Å². The Morgan fingerprint density at radius 3 is 2.48 bits per heavy atom. The second kappa shape index (κ2) is 6.37. The van der Waals surface area contributed by atoms with Gasteiger partial charge in [0.05, 0.1) is 5.56 Å². The Morgan fingerprint density at radius 1 is 1.13 bits per heavy atom. The summed E-state index contributed by atoms with van der Waals surface area (Å²) in [5.74, 6) is -0.305. The summed E-state index contributed by atoms with van der Waals surface area (Å²) in [6.07, 6.45) is -4.47. The minimum absolute atomic E-state index is 0. The van der Waals surface area contributed by atoms with E-state index in [1.807, 2.05) is 0 Å². The smallest absolute Gasteiger partial charge is 0.417 e. The molecular weight excluding hydrogens is 334 g/mol. The van der Waals surface area contributed by atoms with Gasteiger partial charge in [0, 0.05) is 24.1 Å². The third-order valence-electron chi connectivity index (χ3n) is 3.65. The summed E-state index contributed by atoms with van der Waals surface area (Å²) in [6, 6.07) is 7.43. The van der Waals surface area contributed by atoms with Gasteiger partial charge in [-0.05, 0) is 23.8 Å². The maximum atomic E-state index is 13.8. The van der Waals surface area contributed by atoms with E-state index in [0.29, 0.717) is 12.0 Å². The molecule has 1 aliphatic heterocycles. The molecule has 124 valence electrons. The van der Waals surface area contributed by atoms with E-state index in [2.05, 4.69) is 0 Å². The van der Waals surface area contributed by atoms with E-state index in [9.17, 15) is 17.6 Å². The van der Waals surface area contributed by atoms with Crippen molar-refractivity contribution >= 4 is 12.4 Å². The number of alkyl halides is 3. The van der Waals surface area contributed by atoms with Gasteiger partial charge in [0.25, 0.3) is 0 Å². The minimum atomic E-state index is -4.53. The molecule has 0 saturated heterocycles. The molecule has 2 aromatic carbocycles. The Hall–Kier alpha value is -1.79. The van der Waals surface area contributed by atoms with Crippen molar-refractivity contribution in [3.8, 4) is 16.9 Å². The lowest BCUT2D eigenvalue weighted by molar-refractivity contribution is -0.137. The normalized spacial score (nSPS) is 16.5. The maximum absolute atomic E-state index is 13.8. The predicted molar refractivity (Wildman–Crippen MR) is 81.3 cm³/mol. The third-order valence-corrected chi connectivity index (χ3v) is 3.65. The summed E-state index contributed by atoms with van der Waals surface area (Å²) in [4.78, 5) is 0. The van der Waals surface area contributed by atoms with Crippen molar-refractivity contribution in [2.45, 2.75) is 18.7 Å². The van der Waals surface area contributed by atoms with Gasteiger partial charge in [0.15, 0.2) is 0 Å². The van der Waals surface area contributed by atoms with Gasteiger partial charge in [-0.2, -0.15) is 13.2 Å². The summed E-state index contributed by atoms with van der Waals surface area (Å²) < 4.78 is 58.9. The Bertz CT molecular complexity index is 718. The first kappa shape index (κ1) is 17.6. The number of ether oxygens (including phenoxy) is 1. The number of rotatable bonds is 2. The zero-order valence-electron chi connectivity index (χ0n) is 11.9. The molecule has 7 heteroatoms. The molecule has 0 spiro atoms. The quantitative estimate of drug-likeness (QED) is 0.826. The highest BCUT2D eigenvalue weighted by molar-refractivity contribution is 5.85. The van der Waals surface area contributed by atoms with Crippen LogP contribution in [0.15, 0.2) is 36.4 Å². The fourth-order valence-corrected chi connectivity index (χ4v) is 2.69. The van der Waals surface area contributed by atoms with E-state index in [1.165, 1.54) is 24.3 Å². The molecule has 0 aliphatic carbocycles. The fourth-order valence-electron chi connectivity index (χ4n) is 2.69. The van der Waals surface area contributed by atoms with Crippen LogP contribution >= 0.6 is 12.4 Å². The van der Waals surface area contributed by atoms with Crippen molar-refractivity contribution in [1.29, 1.82) is 0 Å². The minimum Gasteiger partial charge on any atom is -0.488 e.